The Morgan fingerprint density at radius 1 is 1.02 bits per heavy atom. The van der Waals surface area contributed by atoms with E-state index >= 15 is 0 Å². The van der Waals surface area contributed by atoms with Gasteiger partial charge in [-0.05, 0) is 53.3 Å². The first-order valence-corrected chi connectivity index (χ1v) is 14.1. The van der Waals surface area contributed by atoms with Crippen LogP contribution in [0.15, 0.2) is 72.8 Å². The summed E-state index contributed by atoms with van der Waals surface area (Å²) >= 11 is 0. The Bertz CT molecular complexity index is 1620. The second-order valence-electron chi connectivity index (χ2n) is 11.2. The fraction of sp³-hybridized carbons (Fsp3) is 0.303. The number of H-pyrrole nitrogens is 1. The van der Waals surface area contributed by atoms with E-state index in [2.05, 4.69) is 15.6 Å². The molecule has 3 aromatic carbocycles. The van der Waals surface area contributed by atoms with Crippen molar-refractivity contribution >= 4 is 28.6 Å². The predicted octanol–water partition coefficient (Wildman–Crippen LogP) is 4.49. The number of carbonyl (C=O) groups is 3. The summed E-state index contributed by atoms with van der Waals surface area (Å²) in [6.07, 6.45) is 0.839. The van der Waals surface area contributed by atoms with Crippen molar-refractivity contribution in [3.8, 4) is 5.75 Å². The van der Waals surface area contributed by atoms with Crippen molar-refractivity contribution in [2.75, 3.05) is 7.11 Å². The van der Waals surface area contributed by atoms with E-state index in [1.165, 1.54) is 0 Å². The molecule has 210 valence electrons. The number of hydrogen-bond donors (Lipinski definition) is 3. The molecule has 0 saturated heterocycles. The van der Waals surface area contributed by atoms with Gasteiger partial charge in [-0.3, -0.25) is 14.4 Å². The van der Waals surface area contributed by atoms with Crippen molar-refractivity contribution in [3.05, 3.63) is 101 Å². The zero-order valence-electron chi connectivity index (χ0n) is 23.4. The first-order chi connectivity index (χ1) is 19.9. The molecular formula is C33H34N4O4. The number of fused-ring (bicyclic) bond motifs is 7. The van der Waals surface area contributed by atoms with Gasteiger partial charge in [0.25, 0.3) is 5.91 Å². The van der Waals surface area contributed by atoms with Crippen LogP contribution in [0.5, 0.6) is 5.75 Å². The zero-order valence-corrected chi connectivity index (χ0v) is 23.4. The molecule has 0 fully saturated rings. The summed E-state index contributed by atoms with van der Waals surface area (Å²) in [5.74, 6) is 0.174. The summed E-state index contributed by atoms with van der Waals surface area (Å²) in [5.41, 5.74) is 5.39. The summed E-state index contributed by atoms with van der Waals surface area (Å²) in [7, 11) is 1.61. The Morgan fingerprint density at radius 2 is 1.76 bits per heavy atom. The third-order valence-corrected chi connectivity index (χ3v) is 8.12. The van der Waals surface area contributed by atoms with E-state index in [9.17, 15) is 14.4 Å². The van der Waals surface area contributed by atoms with Gasteiger partial charge in [-0.2, -0.15) is 0 Å². The van der Waals surface area contributed by atoms with Crippen molar-refractivity contribution in [1.82, 2.24) is 20.5 Å². The first-order valence-electron chi connectivity index (χ1n) is 14.1. The van der Waals surface area contributed by atoms with Crippen LogP contribution in [0.25, 0.3) is 10.9 Å². The summed E-state index contributed by atoms with van der Waals surface area (Å²) in [6, 6.07) is 21.2. The fourth-order valence-corrected chi connectivity index (χ4v) is 6.16. The van der Waals surface area contributed by atoms with Gasteiger partial charge < -0.3 is 25.3 Å². The average molecular weight is 551 g/mol. The summed E-state index contributed by atoms with van der Waals surface area (Å²) in [5, 5.41) is 7.05. The van der Waals surface area contributed by atoms with Crippen molar-refractivity contribution in [2.45, 2.75) is 51.4 Å². The van der Waals surface area contributed by atoms with Gasteiger partial charge >= 0.3 is 0 Å². The molecule has 0 radical (unpaired) electrons. The third-order valence-electron chi connectivity index (χ3n) is 8.12. The Morgan fingerprint density at radius 3 is 2.51 bits per heavy atom. The van der Waals surface area contributed by atoms with E-state index in [0.29, 0.717) is 24.9 Å². The highest BCUT2D eigenvalue weighted by Gasteiger charge is 2.49. The minimum absolute atomic E-state index is 0.167. The maximum atomic E-state index is 14.0. The number of para-hydroxylation sites is 1. The van der Waals surface area contributed by atoms with Crippen molar-refractivity contribution in [3.63, 3.8) is 0 Å². The van der Waals surface area contributed by atoms with E-state index in [4.69, 9.17) is 4.74 Å². The topological polar surface area (TPSA) is 104 Å². The van der Waals surface area contributed by atoms with Crippen molar-refractivity contribution < 1.29 is 19.1 Å². The van der Waals surface area contributed by atoms with E-state index in [0.717, 1.165) is 39.0 Å². The van der Waals surface area contributed by atoms with Gasteiger partial charge in [0.15, 0.2) is 0 Å². The van der Waals surface area contributed by atoms with Crippen LogP contribution < -0.4 is 15.4 Å². The number of hydrogen-bond acceptors (Lipinski definition) is 4. The SMILES string of the molecule is COc1ccc(CNC(=O)[C@H](CC(C)C)NC(=O)[C@@H]2Cc3c([nH]c4ccccc34)[C@@H]3c4ccccc4C(=O)N32)cc1. The lowest BCUT2D eigenvalue weighted by molar-refractivity contribution is -0.132. The number of aromatic nitrogens is 1. The van der Waals surface area contributed by atoms with Gasteiger partial charge in [0.05, 0.1) is 13.2 Å². The van der Waals surface area contributed by atoms with E-state index in [1.807, 2.05) is 86.6 Å². The summed E-state index contributed by atoms with van der Waals surface area (Å²) < 4.78 is 5.21. The van der Waals surface area contributed by atoms with Crippen LogP contribution in [-0.2, 0) is 22.6 Å². The molecule has 6 rings (SSSR count). The molecule has 3 amide bonds. The Kier molecular flexibility index (Phi) is 6.99. The van der Waals surface area contributed by atoms with Crippen LogP contribution >= 0.6 is 0 Å². The molecule has 8 nitrogen and oxygen atoms in total. The molecule has 0 aliphatic carbocycles. The summed E-state index contributed by atoms with van der Waals surface area (Å²) in [4.78, 5) is 46.3. The van der Waals surface area contributed by atoms with Gasteiger partial charge in [-0.1, -0.05) is 62.4 Å². The number of ether oxygens (including phenoxy) is 1. The van der Waals surface area contributed by atoms with Gasteiger partial charge in [0, 0.05) is 35.1 Å². The highest BCUT2D eigenvalue weighted by atomic mass is 16.5. The number of rotatable bonds is 8. The molecular weight excluding hydrogens is 516 g/mol. The lowest BCUT2D eigenvalue weighted by atomic mass is 9.89. The third kappa shape index (κ3) is 4.84. The molecule has 1 aromatic heterocycles. The highest BCUT2D eigenvalue weighted by Crippen LogP contribution is 2.46. The lowest BCUT2D eigenvalue weighted by Gasteiger charge is -2.37. The minimum Gasteiger partial charge on any atom is -0.497 e. The molecule has 0 spiro atoms. The highest BCUT2D eigenvalue weighted by molar-refractivity contribution is 6.04. The number of carbonyl (C=O) groups excluding carboxylic acids is 3. The number of aromatic amines is 1. The molecule has 0 saturated carbocycles. The second kappa shape index (κ2) is 10.8. The average Bonchev–Trinajstić information content (AvgIpc) is 3.50. The maximum Gasteiger partial charge on any atom is 0.255 e. The lowest BCUT2D eigenvalue weighted by Crippen LogP contribution is -2.56. The standard InChI is InChI=1S/C33H34N4O4/c1-19(2)16-27(31(38)34-18-20-12-14-21(41-3)15-13-20)36-32(39)28-17-25-22-8-6-7-11-26(22)35-29(25)30-23-9-4-5-10-24(23)33(40)37(28)30/h4-15,19,27-28,30,35H,16-18H2,1-3H3,(H,34,38)(H,36,39)/t27-,28-,30-/m0/s1. The molecule has 3 N–H and O–H groups in total. The van der Waals surface area contributed by atoms with Crippen LogP contribution in [0.3, 0.4) is 0 Å². The Hall–Kier alpha value is -4.59. The van der Waals surface area contributed by atoms with E-state index in [-0.39, 0.29) is 23.6 Å². The Labute approximate surface area is 239 Å². The molecule has 4 aromatic rings. The smallest absolute Gasteiger partial charge is 0.255 e. The number of methoxy groups -OCH3 is 1. The maximum absolute atomic E-state index is 14.0. The monoisotopic (exact) mass is 550 g/mol. The summed E-state index contributed by atoms with van der Waals surface area (Å²) in [6.45, 7) is 4.37. The van der Waals surface area contributed by atoms with Crippen LogP contribution in [0.1, 0.15) is 59.1 Å². The first kappa shape index (κ1) is 26.6. The quantitative estimate of drug-likeness (QED) is 0.301. The fourth-order valence-electron chi connectivity index (χ4n) is 6.16. The molecule has 8 heteroatoms. The van der Waals surface area contributed by atoms with Crippen molar-refractivity contribution in [1.29, 1.82) is 0 Å². The van der Waals surface area contributed by atoms with Gasteiger partial charge in [0.1, 0.15) is 17.8 Å². The number of amides is 3. The second-order valence-corrected chi connectivity index (χ2v) is 11.2. The van der Waals surface area contributed by atoms with Crippen LogP contribution in [0, 0.1) is 5.92 Å². The molecule has 3 atom stereocenters. The minimum atomic E-state index is -0.754. The molecule has 0 bridgehead atoms. The Balaban J connectivity index is 1.28. The van der Waals surface area contributed by atoms with Crippen molar-refractivity contribution in [2.24, 2.45) is 5.92 Å². The number of benzene rings is 3. The predicted molar refractivity (Wildman–Crippen MR) is 156 cm³/mol. The van der Waals surface area contributed by atoms with Gasteiger partial charge in [-0.15, -0.1) is 0 Å². The normalized spacial score (nSPS) is 18.0. The van der Waals surface area contributed by atoms with E-state index < -0.39 is 18.1 Å². The van der Waals surface area contributed by atoms with Gasteiger partial charge in [0.2, 0.25) is 11.8 Å². The van der Waals surface area contributed by atoms with E-state index in [1.54, 1.807) is 12.0 Å². The van der Waals surface area contributed by atoms with Crippen LogP contribution in [0.2, 0.25) is 0 Å². The zero-order chi connectivity index (χ0) is 28.7. The molecule has 3 heterocycles. The van der Waals surface area contributed by atoms with Gasteiger partial charge in [-0.25, -0.2) is 0 Å². The number of nitrogens with zero attached hydrogens (tertiary/aromatic N) is 1. The van der Waals surface area contributed by atoms with Crippen LogP contribution in [0.4, 0.5) is 0 Å². The molecule has 2 aliphatic rings. The molecule has 2 aliphatic heterocycles. The van der Waals surface area contributed by atoms with Crippen LogP contribution in [-0.4, -0.2) is 46.8 Å². The molecule has 41 heavy (non-hydrogen) atoms. The largest absolute Gasteiger partial charge is 0.497 e. The number of nitrogens with one attached hydrogen (secondary N) is 3. The molecule has 0 unspecified atom stereocenters.